The second kappa shape index (κ2) is 3.82. The lowest BCUT2D eigenvalue weighted by Gasteiger charge is -2.40. The number of hydrogen-bond donors (Lipinski definition) is 0. The van der Waals surface area contributed by atoms with Crippen LogP contribution in [0, 0.1) is 0 Å². The van der Waals surface area contributed by atoms with Crippen molar-refractivity contribution >= 4 is 7.85 Å². The second-order valence-electron chi connectivity index (χ2n) is 4.67. The van der Waals surface area contributed by atoms with Crippen molar-refractivity contribution in [1.29, 1.82) is 0 Å². The van der Waals surface area contributed by atoms with Gasteiger partial charge in [0.15, 0.2) is 0 Å². The fourth-order valence-electron chi connectivity index (χ4n) is 2.66. The molecular weight excluding hydrogens is 147 g/mol. The number of ether oxygens (including phenoxy) is 1. The Morgan fingerprint density at radius 1 is 1.58 bits per heavy atom. The summed E-state index contributed by atoms with van der Waals surface area (Å²) in [5.41, 5.74) is 0.172. The van der Waals surface area contributed by atoms with E-state index < -0.39 is 0 Å². The van der Waals surface area contributed by atoms with Gasteiger partial charge in [-0.1, -0.05) is 19.2 Å². The van der Waals surface area contributed by atoms with Crippen molar-refractivity contribution in [2.24, 2.45) is 0 Å². The molecule has 1 fully saturated rings. The smallest absolute Gasteiger partial charge is 0.105 e. The molecule has 1 nitrogen and oxygen atoms in total. The van der Waals surface area contributed by atoms with Gasteiger partial charge in [-0.25, -0.2) is 0 Å². The van der Waals surface area contributed by atoms with Crippen LogP contribution < -0.4 is 0 Å². The van der Waals surface area contributed by atoms with E-state index in [2.05, 4.69) is 28.6 Å². The van der Waals surface area contributed by atoms with E-state index in [4.69, 9.17) is 4.74 Å². The van der Waals surface area contributed by atoms with Gasteiger partial charge in [0.1, 0.15) is 7.85 Å². The molecule has 0 aliphatic carbocycles. The SMILES string of the molecule is B[C@@H]1CC(C)OC(C)(CCC)C1. The van der Waals surface area contributed by atoms with E-state index >= 15 is 0 Å². The molecule has 0 spiro atoms. The van der Waals surface area contributed by atoms with Gasteiger partial charge in [-0.2, -0.15) is 0 Å². The fourth-order valence-corrected chi connectivity index (χ4v) is 2.66. The molecule has 3 atom stereocenters. The maximum absolute atomic E-state index is 5.98. The van der Waals surface area contributed by atoms with Gasteiger partial charge in [-0.05, 0) is 33.1 Å². The number of rotatable bonds is 2. The van der Waals surface area contributed by atoms with E-state index in [1.165, 1.54) is 25.7 Å². The number of hydrogen-bond acceptors (Lipinski definition) is 1. The van der Waals surface area contributed by atoms with Crippen LogP contribution in [0.3, 0.4) is 0 Å². The molecule has 1 aliphatic heterocycles. The van der Waals surface area contributed by atoms with Gasteiger partial charge in [0.05, 0.1) is 11.7 Å². The summed E-state index contributed by atoms with van der Waals surface area (Å²) in [6, 6.07) is 0. The Balaban J connectivity index is 2.52. The minimum atomic E-state index is 0.172. The summed E-state index contributed by atoms with van der Waals surface area (Å²) < 4.78 is 5.98. The Morgan fingerprint density at radius 2 is 2.25 bits per heavy atom. The Bertz CT molecular complexity index is 137. The Labute approximate surface area is 77.3 Å². The topological polar surface area (TPSA) is 9.23 Å². The molecule has 0 amide bonds. The second-order valence-corrected chi connectivity index (χ2v) is 4.67. The van der Waals surface area contributed by atoms with E-state index in [0.717, 1.165) is 5.82 Å². The molecule has 12 heavy (non-hydrogen) atoms. The molecule has 2 unspecified atom stereocenters. The molecular formula is C10H21BO. The van der Waals surface area contributed by atoms with Crippen molar-refractivity contribution in [3.05, 3.63) is 0 Å². The normalized spacial score (nSPS) is 42.9. The van der Waals surface area contributed by atoms with Crippen molar-refractivity contribution in [1.82, 2.24) is 0 Å². The summed E-state index contributed by atoms with van der Waals surface area (Å²) in [6.07, 6.45) is 5.38. The van der Waals surface area contributed by atoms with Crippen LogP contribution in [0.4, 0.5) is 0 Å². The molecule has 70 valence electrons. The first-order valence-electron chi connectivity index (χ1n) is 5.23. The average molecular weight is 168 g/mol. The minimum absolute atomic E-state index is 0.172. The predicted octanol–water partition coefficient (Wildman–Crippen LogP) is 2.17. The van der Waals surface area contributed by atoms with Crippen molar-refractivity contribution < 1.29 is 4.74 Å². The molecule has 0 saturated carbocycles. The molecule has 1 rings (SSSR count). The summed E-state index contributed by atoms with van der Waals surface area (Å²) in [4.78, 5) is 0. The van der Waals surface area contributed by atoms with Gasteiger partial charge in [-0.3, -0.25) is 0 Å². The third-order valence-electron chi connectivity index (χ3n) is 2.78. The average Bonchev–Trinajstić information content (AvgIpc) is 1.82. The van der Waals surface area contributed by atoms with Crippen molar-refractivity contribution in [3.63, 3.8) is 0 Å². The zero-order valence-corrected chi connectivity index (χ0v) is 8.89. The van der Waals surface area contributed by atoms with Crippen LogP contribution in [-0.4, -0.2) is 19.6 Å². The predicted molar refractivity (Wildman–Crippen MR) is 55.4 cm³/mol. The largest absolute Gasteiger partial charge is 0.372 e. The minimum Gasteiger partial charge on any atom is -0.372 e. The van der Waals surface area contributed by atoms with Gasteiger partial charge in [0, 0.05) is 0 Å². The Hall–Kier alpha value is 0.0249. The standard InChI is InChI=1S/C10H21BO/c1-4-5-10(3)7-9(11)6-8(2)12-10/h8-9H,4-7,11H2,1-3H3/t8?,9-,10?/m1/s1. The first-order chi connectivity index (χ1) is 5.56. The Kier molecular flexibility index (Phi) is 3.22. The van der Waals surface area contributed by atoms with Crippen LogP contribution in [0.15, 0.2) is 0 Å². The lowest BCUT2D eigenvalue weighted by atomic mass is 9.72. The zero-order chi connectivity index (χ0) is 9.19. The molecule has 0 aromatic carbocycles. The highest BCUT2D eigenvalue weighted by Crippen LogP contribution is 2.37. The van der Waals surface area contributed by atoms with Gasteiger partial charge in [0.25, 0.3) is 0 Å². The van der Waals surface area contributed by atoms with Crippen LogP contribution >= 0.6 is 0 Å². The van der Waals surface area contributed by atoms with Crippen LogP contribution in [0.5, 0.6) is 0 Å². The van der Waals surface area contributed by atoms with Gasteiger partial charge in [-0.15, -0.1) is 0 Å². The van der Waals surface area contributed by atoms with E-state index in [1.807, 2.05) is 0 Å². The lowest BCUT2D eigenvalue weighted by molar-refractivity contribution is -0.113. The quantitative estimate of drug-likeness (QED) is 0.574. The molecule has 2 heteroatoms. The van der Waals surface area contributed by atoms with E-state index in [-0.39, 0.29) is 5.60 Å². The van der Waals surface area contributed by atoms with E-state index in [9.17, 15) is 0 Å². The molecule has 0 bridgehead atoms. The highest BCUT2D eigenvalue weighted by molar-refractivity contribution is 6.11. The molecule has 0 aromatic heterocycles. The van der Waals surface area contributed by atoms with Crippen LogP contribution in [0.25, 0.3) is 0 Å². The van der Waals surface area contributed by atoms with Crippen LogP contribution in [0.2, 0.25) is 5.82 Å². The van der Waals surface area contributed by atoms with Crippen LogP contribution in [-0.2, 0) is 4.74 Å². The molecule has 1 aliphatic rings. The summed E-state index contributed by atoms with van der Waals surface area (Å²) in [5.74, 6) is 0.838. The maximum atomic E-state index is 5.98. The van der Waals surface area contributed by atoms with E-state index in [1.54, 1.807) is 0 Å². The summed E-state index contributed by atoms with van der Waals surface area (Å²) in [6.45, 7) is 6.70. The molecule has 1 saturated heterocycles. The third kappa shape index (κ3) is 2.51. The lowest BCUT2D eigenvalue weighted by Crippen LogP contribution is -2.39. The van der Waals surface area contributed by atoms with Gasteiger partial charge in [0.2, 0.25) is 0 Å². The van der Waals surface area contributed by atoms with Crippen molar-refractivity contribution in [2.75, 3.05) is 0 Å². The zero-order valence-electron chi connectivity index (χ0n) is 8.89. The monoisotopic (exact) mass is 168 g/mol. The maximum Gasteiger partial charge on any atom is 0.105 e. The Morgan fingerprint density at radius 3 is 2.75 bits per heavy atom. The highest BCUT2D eigenvalue weighted by atomic mass is 16.5. The molecule has 0 radical (unpaired) electrons. The van der Waals surface area contributed by atoms with E-state index in [0.29, 0.717) is 6.10 Å². The van der Waals surface area contributed by atoms with Crippen LogP contribution in [0.1, 0.15) is 46.5 Å². The fraction of sp³-hybridized carbons (Fsp3) is 1.00. The summed E-state index contributed by atoms with van der Waals surface area (Å²) in [5, 5.41) is 0. The highest BCUT2D eigenvalue weighted by Gasteiger charge is 2.33. The first kappa shape index (κ1) is 10.1. The molecule has 0 N–H and O–H groups in total. The van der Waals surface area contributed by atoms with Gasteiger partial charge >= 0.3 is 0 Å². The summed E-state index contributed by atoms with van der Waals surface area (Å²) in [7, 11) is 2.34. The summed E-state index contributed by atoms with van der Waals surface area (Å²) >= 11 is 0. The first-order valence-corrected chi connectivity index (χ1v) is 5.23. The third-order valence-corrected chi connectivity index (χ3v) is 2.78. The van der Waals surface area contributed by atoms with Gasteiger partial charge < -0.3 is 4.74 Å². The van der Waals surface area contributed by atoms with Crippen molar-refractivity contribution in [2.45, 2.75) is 64.0 Å². The molecule has 0 aromatic rings. The molecule has 1 heterocycles. The van der Waals surface area contributed by atoms with Crippen molar-refractivity contribution in [3.8, 4) is 0 Å².